The molecule has 1 aromatic heterocycles. The summed E-state index contributed by atoms with van der Waals surface area (Å²) in [5, 5.41) is 19.5. The van der Waals surface area contributed by atoms with Crippen LogP contribution in [0.4, 0.5) is 5.69 Å². The maximum Gasteiger partial charge on any atom is 0.308 e. The SMILES string of the molecule is CC1CN(C(=O)c2cc([N+](=O)[O-])c[nH]2)CC1C(=O)O. The summed E-state index contributed by atoms with van der Waals surface area (Å²) in [5.41, 5.74) is -0.0877. The second-order valence-corrected chi connectivity index (χ2v) is 4.66. The molecule has 2 heterocycles. The molecule has 0 bridgehead atoms. The van der Waals surface area contributed by atoms with Gasteiger partial charge in [0.25, 0.3) is 11.6 Å². The van der Waals surface area contributed by atoms with Gasteiger partial charge < -0.3 is 15.0 Å². The number of aromatic nitrogens is 1. The van der Waals surface area contributed by atoms with Crippen LogP contribution in [0.15, 0.2) is 12.3 Å². The molecule has 2 rings (SSSR count). The van der Waals surface area contributed by atoms with Gasteiger partial charge in [0.2, 0.25) is 0 Å². The third kappa shape index (κ3) is 2.42. The van der Waals surface area contributed by atoms with Gasteiger partial charge >= 0.3 is 5.97 Å². The van der Waals surface area contributed by atoms with E-state index in [1.54, 1.807) is 6.92 Å². The monoisotopic (exact) mass is 267 g/mol. The topological polar surface area (TPSA) is 117 Å². The average Bonchev–Trinajstić information content (AvgIpc) is 2.94. The van der Waals surface area contributed by atoms with Crippen LogP contribution in [0.25, 0.3) is 0 Å². The van der Waals surface area contributed by atoms with Crippen molar-refractivity contribution in [3.8, 4) is 0 Å². The lowest BCUT2D eigenvalue weighted by atomic mass is 9.99. The normalized spacial score (nSPS) is 22.5. The van der Waals surface area contributed by atoms with Crippen molar-refractivity contribution in [1.29, 1.82) is 0 Å². The van der Waals surface area contributed by atoms with E-state index in [0.29, 0.717) is 6.54 Å². The Kier molecular flexibility index (Phi) is 3.24. The van der Waals surface area contributed by atoms with Crippen molar-refractivity contribution in [2.45, 2.75) is 6.92 Å². The molecule has 19 heavy (non-hydrogen) atoms. The Morgan fingerprint density at radius 2 is 2.21 bits per heavy atom. The van der Waals surface area contributed by atoms with Crippen LogP contribution in [0.3, 0.4) is 0 Å². The van der Waals surface area contributed by atoms with Crippen LogP contribution < -0.4 is 0 Å². The number of nitro groups is 1. The molecular formula is C11H13N3O5. The Balaban J connectivity index is 2.12. The van der Waals surface area contributed by atoms with E-state index in [4.69, 9.17) is 5.11 Å². The Bertz CT molecular complexity index is 538. The minimum atomic E-state index is -0.930. The van der Waals surface area contributed by atoms with Crippen LogP contribution in [0.1, 0.15) is 17.4 Å². The van der Waals surface area contributed by atoms with Crippen molar-refractivity contribution in [2.24, 2.45) is 11.8 Å². The van der Waals surface area contributed by atoms with Crippen molar-refractivity contribution in [3.63, 3.8) is 0 Å². The lowest BCUT2D eigenvalue weighted by molar-refractivity contribution is -0.384. The number of hydrogen-bond acceptors (Lipinski definition) is 4. The number of carboxylic acid groups (broad SMARTS) is 1. The number of amides is 1. The number of nitrogens with one attached hydrogen (secondary N) is 1. The highest BCUT2D eigenvalue weighted by Gasteiger charge is 2.37. The lowest BCUT2D eigenvalue weighted by Crippen LogP contribution is -2.30. The largest absolute Gasteiger partial charge is 0.481 e. The van der Waals surface area contributed by atoms with Crippen molar-refractivity contribution in [3.05, 3.63) is 28.1 Å². The fraction of sp³-hybridized carbons (Fsp3) is 0.455. The van der Waals surface area contributed by atoms with Crippen molar-refractivity contribution in [1.82, 2.24) is 9.88 Å². The quantitative estimate of drug-likeness (QED) is 0.618. The Morgan fingerprint density at radius 1 is 1.53 bits per heavy atom. The molecule has 0 radical (unpaired) electrons. The summed E-state index contributed by atoms with van der Waals surface area (Å²) in [6.07, 6.45) is 1.14. The summed E-state index contributed by atoms with van der Waals surface area (Å²) < 4.78 is 0. The fourth-order valence-electron chi connectivity index (χ4n) is 2.24. The van der Waals surface area contributed by atoms with Gasteiger partial charge in [-0.2, -0.15) is 0 Å². The second kappa shape index (κ2) is 4.71. The highest BCUT2D eigenvalue weighted by Crippen LogP contribution is 2.25. The standard InChI is InChI=1S/C11H13N3O5/c1-6-4-13(5-8(6)11(16)17)10(15)9-2-7(3-12-9)14(18)19/h2-3,6,8,12H,4-5H2,1H3,(H,16,17). The third-order valence-corrected chi connectivity index (χ3v) is 3.33. The average molecular weight is 267 g/mol. The van der Waals surface area contributed by atoms with Crippen molar-refractivity contribution < 1.29 is 19.6 Å². The Labute approximate surface area is 108 Å². The minimum absolute atomic E-state index is 0.102. The number of carbonyl (C=O) groups is 2. The molecule has 1 amide bonds. The van der Waals surface area contributed by atoms with Crippen LogP contribution in [0.2, 0.25) is 0 Å². The Hall–Kier alpha value is -2.38. The molecule has 0 aliphatic carbocycles. The third-order valence-electron chi connectivity index (χ3n) is 3.33. The van der Waals surface area contributed by atoms with Crippen LogP contribution in [-0.2, 0) is 4.79 Å². The van der Waals surface area contributed by atoms with Gasteiger partial charge in [-0.25, -0.2) is 0 Å². The lowest BCUT2D eigenvalue weighted by Gasteiger charge is -2.14. The summed E-state index contributed by atoms with van der Waals surface area (Å²) in [7, 11) is 0. The molecular weight excluding hydrogens is 254 g/mol. The number of H-pyrrole nitrogens is 1. The summed E-state index contributed by atoms with van der Waals surface area (Å²) in [6.45, 7) is 2.23. The molecule has 1 aliphatic rings. The van der Waals surface area contributed by atoms with E-state index in [1.807, 2.05) is 0 Å². The zero-order valence-corrected chi connectivity index (χ0v) is 10.2. The molecule has 8 nitrogen and oxygen atoms in total. The second-order valence-electron chi connectivity index (χ2n) is 4.66. The van der Waals surface area contributed by atoms with E-state index in [9.17, 15) is 19.7 Å². The van der Waals surface area contributed by atoms with Gasteiger partial charge in [-0.15, -0.1) is 0 Å². The van der Waals surface area contributed by atoms with E-state index >= 15 is 0 Å². The van der Waals surface area contributed by atoms with Crippen LogP contribution in [0, 0.1) is 22.0 Å². The van der Waals surface area contributed by atoms with E-state index in [0.717, 1.165) is 12.3 Å². The van der Waals surface area contributed by atoms with Crippen LogP contribution in [-0.4, -0.2) is 44.9 Å². The van der Waals surface area contributed by atoms with Crippen LogP contribution in [0.5, 0.6) is 0 Å². The number of rotatable bonds is 3. The first-order valence-corrected chi connectivity index (χ1v) is 5.75. The molecule has 1 fully saturated rings. The predicted octanol–water partition coefficient (Wildman–Crippen LogP) is 0.716. The van der Waals surface area contributed by atoms with Crippen LogP contribution >= 0.6 is 0 Å². The van der Waals surface area contributed by atoms with Gasteiger partial charge in [-0.05, 0) is 5.92 Å². The van der Waals surface area contributed by atoms with E-state index in [1.165, 1.54) is 4.90 Å². The van der Waals surface area contributed by atoms with E-state index < -0.39 is 22.7 Å². The van der Waals surface area contributed by atoms with E-state index in [-0.39, 0.29) is 23.8 Å². The number of nitrogens with zero attached hydrogens (tertiary/aromatic N) is 2. The van der Waals surface area contributed by atoms with Crippen molar-refractivity contribution in [2.75, 3.05) is 13.1 Å². The molecule has 1 saturated heterocycles. The van der Waals surface area contributed by atoms with Gasteiger partial charge in [0, 0.05) is 19.2 Å². The molecule has 2 atom stereocenters. The zero-order valence-electron chi connectivity index (χ0n) is 10.2. The van der Waals surface area contributed by atoms with Gasteiger partial charge in [0.15, 0.2) is 0 Å². The molecule has 8 heteroatoms. The number of aliphatic carboxylic acids is 1. The number of carboxylic acids is 1. The maximum atomic E-state index is 12.1. The number of aromatic amines is 1. The first-order valence-electron chi connectivity index (χ1n) is 5.75. The summed E-state index contributed by atoms with van der Waals surface area (Å²) in [5.74, 6) is -2.07. The summed E-state index contributed by atoms with van der Waals surface area (Å²) in [6, 6.07) is 1.15. The van der Waals surface area contributed by atoms with E-state index in [2.05, 4.69) is 4.98 Å². The van der Waals surface area contributed by atoms with Gasteiger partial charge in [-0.3, -0.25) is 19.7 Å². The van der Waals surface area contributed by atoms with Gasteiger partial charge in [0.05, 0.1) is 17.0 Å². The fourth-order valence-corrected chi connectivity index (χ4v) is 2.24. The highest BCUT2D eigenvalue weighted by molar-refractivity contribution is 5.93. The molecule has 102 valence electrons. The smallest absolute Gasteiger partial charge is 0.308 e. The first-order chi connectivity index (χ1) is 8.90. The molecule has 0 saturated carbocycles. The van der Waals surface area contributed by atoms with Gasteiger partial charge in [0.1, 0.15) is 5.69 Å². The molecule has 1 aliphatic heterocycles. The number of likely N-dealkylation sites (tertiary alicyclic amines) is 1. The first kappa shape index (κ1) is 13.1. The number of hydrogen-bond donors (Lipinski definition) is 2. The summed E-state index contributed by atoms with van der Waals surface area (Å²) >= 11 is 0. The minimum Gasteiger partial charge on any atom is -0.481 e. The molecule has 2 unspecified atom stereocenters. The Morgan fingerprint density at radius 3 is 2.68 bits per heavy atom. The summed E-state index contributed by atoms with van der Waals surface area (Å²) in [4.78, 5) is 36.9. The molecule has 1 aromatic rings. The van der Waals surface area contributed by atoms with Gasteiger partial charge in [-0.1, -0.05) is 6.92 Å². The molecule has 2 N–H and O–H groups in total. The predicted molar refractivity (Wildman–Crippen MR) is 63.6 cm³/mol. The zero-order chi connectivity index (χ0) is 14.2. The highest BCUT2D eigenvalue weighted by atomic mass is 16.6. The molecule has 0 spiro atoms. The molecule has 0 aromatic carbocycles. The maximum absolute atomic E-state index is 12.1. The number of carbonyl (C=O) groups excluding carboxylic acids is 1. The van der Waals surface area contributed by atoms with Crippen molar-refractivity contribution >= 4 is 17.6 Å².